The van der Waals surface area contributed by atoms with E-state index in [1.165, 1.54) is 7.11 Å². The summed E-state index contributed by atoms with van der Waals surface area (Å²) in [4.78, 5) is 11.5. The molecule has 25 heavy (non-hydrogen) atoms. The van der Waals surface area contributed by atoms with Crippen LogP contribution in [0.1, 0.15) is 19.4 Å². The van der Waals surface area contributed by atoms with Gasteiger partial charge in [-0.05, 0) is 49.7 Å². The van der Waals surface area contributed by atoms with Crippen LogP contribution in [0.15, 0.2) is 53.6 Å². The van der Waals surface area contributed by atoms with Crippen LogP contribution >= 0.6 is 0 Å². The van der Waals surface area contributed by atoms with E-state index in [4.69, 9.17) is 9.47 Å². The molecule has 2 aromatic carbocycles. The van der Waals surface area contributed by atoms with Gasteiger partial charge in [0.25, 0.3) is 0 Å². The first-order valence-corrected chi connectivity index (χ1v) is 7.99. The number of nitrogens with zero attached hydrogens (tertiary/aromatic N) is 1. The lowest BCUT2D eigenvalue weighted by Crippen LogP contribution is -2.25. The predicted octanol–water partition coefficient (Wildman–Crippen LogP) is 3.47. The highest BCUT2D eigenvalue weighted by Gasteiger charge is 2.17. The van der Waals surface area contributed by atoms with Crippen molar-refractivity contribution >= 4 is 17.9 Å². The fourth-order valence-electron chi connectivity index (χ4n) is 2.07. The van der Waals surface area contributed by atoms with Gasteiger partial charge < -0.3 is 14.2 Å². The van der Waals surface area contributed by atoms with Crippen molar-refractivity contribution in [2.24, 2.45) is 5.10 Å². The van der Waals surface area contributed by atoms with Gasteiger partial charge in [-0.2, -0.15) is 5.10 Å². The third kappa shape index (κ3) is 5.53. The van der Waals surface area contributed by atoms with Crippen LogP contribution in [0, 0.1) is 0 Å². The van der Waals surface area contributed by atoms with Gasteiger partial charge in [-0.25, -0.2) is 4.79 Å². The molecule has 6 heteroatoms. The summed E-state index contributed by atoms with van der Waals surface area (Å²) < 4.78 is 15.9. The topological polar surface area (TPSA) is 69.1 Å². The third-order valence-electron chi connectivity index (χ3n) is 3.29. The molecule has 0 saturated heterocycles. The highest BCUT2D eigenvalue weighted by atomic mass is 16.6. The fraction of sp³-hybridized carbons (Fsp3) is 0.263. The Labute approximate surface area is 147 Å². The number of carbonyl (C=O) groups is 1. The monoisotopic (exact) mass is 342 g/mol. The van der Waals surface area contributed by atoms with Crippen molar-refractivity contribution in [2.45, 2.75) is 20.0 Å². The van der Waals surface area contributed by atoms with Crippen LogP contribution in [-0.4, -0.2) is 32.0 Å². The second kappa shape index (κ2) is 9.32. The number of hydrogen-bond donors (Lipinski definition) is 1. The summed E-state index contributed by atoms with van der Waals surface area (Å²) in [6, 6.07) is 15.0. The lowest BCUT2D eigenvalue weighted by Gasteiger charge is -2.16. The van der Waals surface area contributed by atoms with Crippen LogP contribution < -0.4 is 14.9 Å². The molecule has 0 aliphatic heterocycles. The maximum Gasteiger partial charge on any atom is 0.346 e. The van der Waals surface area contributed by atoms with Crippen molar-refractivity contribution in [3.8, 4) is 11.5 Å². The molecule has 0 saturated carbocycles. The van der Waals surface area contributed by atoms with Gasteiger partial charge in [0, 0.05) is 0 Å². The standard InChI is InChI=1S/C19H22N2O4/c1-4-24-18-12-15(13-20-21-16-8-6-5-7-9-16)10-11-17(18)25-14(2)19(22)23-3/h5-14,21H,4H2,1-3H3. The molecule has 0 heterocycles. The van der Waals surface area contributed by atoms with E-state index in [1.807, 2.05) is 43.3 Å². The van der Waals surface area contributed by atoms with Crippen LogP contribution in [0.2, 0.25) is 0 Å². The van der Waals surface area contributed by atoms with Crippen molar-refractivity contribution in [1.29, 1.82) is 0 Å². The van der Waals surface area contributed by atoms with Gasteiger partial charge >= 0.3 is 5.97 Å². The van der Waals surface area contributed by atoms with Gasteiger partial charge in [-0.3, -0.25) is 5.43 Å². The van der Waals surface area contributed by atoms with Crippen LogP contribution in [0.4, 0.5) is 5.69 Å². The molecule has 0 bridgehead atoms. The molecule has 0 aliphatic rings. The first-order chi connectivity index (χ1) is 12.1. The molecule has 1 unspecified atom stereocenters. The molecule has 2 aromatic rings. The van der Waals surface area contributed by atoms with Crippen LogP contribution in [0.25, 0.3) is 0 Å². The Bertz CT molecular complexity index is 717. The van der Waals surface area contributed by atoms with E-state index in [9.17, 15) is 4.79 Å². The van der Waals surface area contributed by atoms with Gasteiger partial charge in [0.15, 0.2) is 17.6 Å². The van der Waals surface area contributed by atoms with Crippen molar-refractivity contribution in [2.75, 3.05) is 19.1 Å². The second-order valence-electron chi connectivity index (χ2n) is 5.16. The Balaban J connectivity index is 2.10. The molecule has 0 fully saturated rings. The number of nitrogens with one attached hydrogen (secondary N) is 1. The molecule has 0 aromatic heterocycles. The summed E-state index contributed by atoms with van der Waals surface area (Å²) in [6.45, 7) is 3.98. The molecule has 0 aliphatic carbocycles. The quantitative estimate of drug-likeness (QED) is 0.452. The largest absolute Gasteiger partial charge is 0.490 e. The smallest absolute Gasteiger partial charge is 0.346 e. The maximum atomic E-state index is 11.5. The van der Waals surface area contributed by atoms with E-state index in [1.54, 1.807) is 25.3 Å². The van der Waals surface area contributed by atoms with Crippen LogP contribution in [-0.2, 0) is 9.53 Å². The molecule has 132 valence electrons. The number of ether oxygens (including phenoxy) is 3. The number of hydrogen-bond acceptors (Lipinski definition) is 6. The number of methoxy groups -OCH3 is 1. The molecular weight excluding hydrogens is 320 g/mol. The average Bonchev–Trinajstić information content (AvgIpc) is 2.64. The third-order valence-corrected chi connectivity index (χ3v) is 3.29. The highest BCUT2D eigenvalue weighted by Crippen LogP contribution is 2.29. The lowest BCUT2D eigenvalue weighted by molar-refractivity contribution is -0.147. The molecule has 0 amide bonds. The van der Waals surface area contributed by atoms with E-state index >= 15 is 0 Å². The first-order valence-electron chi connectivity index (χ1n) is 7.99. The number of anilines is 1. The van der Waals surface area contributed by atoms with Gasteiger partial charge in [0.05, 0.1) is 25.6 Å². The van der Waals surface area contributed by atoms with Gasteiger partial charge in [0.2, 0.25) is 0 Å². The Morgan fingerprint density at radius 2 is 1.96 bits per heavy atom. The normalized spacial score (nSPS) is 11.8. The summed E-state index contributed by atoms with van der Waals surface area (Å²) in [6.07, 6.45) is 0.965. The number of benzene rings is 2. The van der Waals surface area contributed by atoms with E-state index in [0.717, 1.165) is 11.3 Å². The number of carbonyl (C=O) groups excluding carboxylic acids is 1. The molecule has 6 nitrogen and oxygen atoms in total. The summed E-state index contributed by atoms with van der Waals surface area (Å²) >= 11 is 0. The first kappa shape index (κ1) is 18.3. The number of para-hydroxylation sites is 1. The van der Waals surface area contributed by atoms with Gasteiger partial charge in [-0.1, -0.05) is 18.2 Å². The SMILES string of the molecule is CCOc1cc(C=NNc2ccccc2)ccc1OC(C)C(=O)OC. The van der Waals surface area contributed by atoms with E-state index in [2.05, 4.69) is 15.3 Å². The van der Waals surface area contributed by atoms with E-state index in [0.29, 0.717) is 18.1 Å². The molecular formula is C19H22N2O4. The molecule has 2 rings (SSSR count). The summed E-state index contributed by atoms with van der Waals surface area (Å²) in [5.74, 6) is 0.579. The van der Waals surface area contributed by atoms with Crippen molar-refractivity contribution in [1.82, 2.24) is 0 Å². The summed E-state index contributed by atoms with van der Waals surface area (Å²) in [5, 5.41) is 4.20. The van der Waals surface area contributed by atoms with E-state index < -0.39 is 12.1 Å². The van der Waals surface area contributed by atoms with Crippen LogP contribution in [0.5, 0.6) is 11.5 Å². The molecule has 0 radical (unpaired) electrons. The maximum absolute atomic E-state index is 11.5. The van der Waals surface area contributed by atoms with E-state index in [-0.39, 0.29) is 0 Å². The van der Waals surface area contributed by atoms with Crippen molar-refractivity contribution in [3.05, 3.63) is 54.1 Å². The van der Waals surface area contributed by atoms with Crippen molar-refractivity contribution in [3.63, 3.8) is 0 Å². The Morgan fingerprint density at radius 1 is 1.20 bits per heavy atom. The highest BCUT2D eigenvalue weighted by molar-refractivity contribution is 5.81. The zero-order chi connectivity index (χ0) is 18.1. The number of hydrazone groups is 1. The van der Waals surface area contributed by atoms with Gasteiger partial charge in [-0.15, -0.1) is 0 Å². The minimum absolute atomic E-state index is 0.444. The second-order valence-corrected chi connectivity index (χ2v) is 5.16. The van der Waals surface area contributed by atoms with Gasteiger partial charge in [0.1, 0.15) is 0 Å². The molecule has 1 N–H and O–H groups in total. The Morgan fingerprint density at radius 3 is 2.64 bits per heavy atom. The number of rotatable bonds is 8. The Hall–Kier alpha value is -3.02. The average molecular weight is 342 g/mol. The molecule has 1 atom stereocenters. The predicted molar refractivity (Wildman–Crippen MR) is 97.4 cm³/mol. The lowest BCUT2D eigenvalue weighted by atomic mass is 10.2. The molecule has 0 spiro atoms. The van der Waals surface area contributed by atoms with Crippen LogP contribution in [0.3, 0.4) is 0 Å². The number of esters is 1. The minimum Gasteiger partial charge on any atom is -0.490 e. The summed E-state index contributed by atoms with van der Waals surface area (Å²) in [5.41, 5.74) is 4.69. The minimum atomic E-state index is -0.719. The Kier molecular flexibility index (Phi) is 6.83. The summed E-state index contributed by atoms with van der Waals surface area (Å²) in [7, 11) is 1.32. The zero-order valence-electron chi connectivity index (χ0n) is 14.6. The zero-order valence-corrected chi connectivity index (χ0v) is 14.6. The fourth-order valence-corrected chi connectivity index (χ4v) is 2.07. The van der Waals surface area contributed by atoms with Crippen molar-refractivity contribution < 1.29 is 19.0 Å².